The number of carbonyl (C=O) groups excluding carboxylic acids is 2. The smallest absolute Gasteiger partial charge is 0.337 e. The van der Waals surface area contributed by atoms with Gasteiger partial charge in [-0.05, 0) is 85.9 Å². The van der Waals surface area contributed by atoms with Gasteiger partial charge in [0.05, 0.1) is 12.7 Å². The second kappa shape index (κ2) is 12.3. The second-order valence-corrected chi connectivity index (χ2v) is 11.4. The zero-order valence-electron chi connectivity index (χ0n) is 24.2. The van der Waals surface area contributed by atoms with Crippen LogP contribution in [0.2, 0.25) is 0 Å². The molecule has 0 bridgehead atoms. The van der Waals surface area contributed by atoms with Crippen LogP contribution in [0, 0.1) is 0 Å². The monoisotopic (exact) mass is 563 g/mol. The van der Waals surface area contributed by atoms with Crippen LogP contribution in [0.5, 0.6) is 11.5 Å². The van der Waals surface area contributed by atoms with E-state index in [1.165, 1.54) is 0 Å². The lowest BCUT2D eigenvalue weighted by Gasteiger charge is -2.37. The molecule has 6 nitrogen and oxygen atoms in total. The molecule has 3 aliphatic rings. The molecule has 1 saturated carbocycles. The number of ketones is 1. The summed E-state index contributed by atoms with van der Waals surface area (Å²) < 4.78 is 17.3. The van der Waals surface area contributed by atoms with Gasteiger partial charge in [-0.15, -0.1) is 0 Å². The largest absolute Gasteiger partial charge is 0.497 e. The summed E-state index contributed by atoms with van der Waals surface area (Å²) in [6, 6.07) is 25.7. The molecule has 6 rings (SSSR count). The molecule has 216 valence electrons. The number of carbonyl (C=O) groups is 2. The lowest BCUT2D eigenvalue weighted by atomic mass is 9.71. The highest BCUT2D eigenvalue weighted by Gasteiger charge is 2.42. The van der Waals surface area contributed by atoms with Gasteiger partial charge in [0.2, 0.25) is 0 Å². The fourth-order valence-electron chi connectivity index (χ4n) is 6.47. The molecule has 42 heavy (non-hydrogen) atoms. The first kappa shape index (κ1) is 27.8. The summed E-state index contributed by atoms with van der Waals surface area (Å²) in [5, 5.41) is 3.46. The summed E-state index contributed by atoms with van der Waals surface area (Å²) in [6.45, 7) is 2.38. The summed E-state index contributed by atoms with van der Waals surface area (Å²) in [6.07, 6.45) is 4.92. The van der Waals surface area contributed by atoms with Gasteiger partial charge < -0.3 is 19.5 Å². The summed E-state index contributed by atoms with van der Waals surface area (Å²) in [7, 11) is 1.65. The van der Waals surface area contributed by atoms with E-state index >= 15 is 0 Å². The maximum absolute atomic E-state index is 13.9. The van der Waals surface area contributed by atoms with Crippen molar-refractivity contribution < 1.29 is 23.8 Å². The molecule has 0 radical (unpaired) electrons. The number of hydrogen-bond donors (Lipinski definition) is 1. The molecule has 1 fully saturated rings. The molecule has 0 amide bonds. The predicted octanol–water partition coefficient (Wildman–Crippen LogP) is 7.12. The van der Waals surface area contributed by atoms with Gasteiger partial charge in [-0.3, -0.25) is 4.79 Å². The van der Waals surface area contributed by atoms with Crippen molar-refractivity contribution >= 4 is 11.8 Å². The average Bonchev–Trinajstić information content (AvgIpc) is 3.53. The van der Waals surface area contributed by atoms with Gasteiger partial charge in [0, 0.05) is 29.3 Å². The highest BCUT2D eigenvalue weighted by atomic mass is 16.5. The number of Topliss-reactive ketones (excluding diaryl/α,β-unsaturated/α-hetero) is 1. The number of ether oxygens (including phenoxy) is 3. The number of dihydropyridines is 1. The quantitative estimate of drug-likeness (QED) is 0.294. The van der Waals surface area contributed by atoms with E-state index in [9.17, 15) is 9.59 Å². The normalized spacial score (nSPS) is 20.7. The van der Waals surface area contributed by atoms with E-state index in [-0.39, 0.29) is 23.8 Å². The van der Waals surface area contributed by atoms with Crippen LogP contribution >= 0.6 is 0 Å². The molecular weight excluding hydrogens is 526 g/mol. The molecular formula is C36H37NO5. The highest BCUT2D eigenvalue weighted by molar-refractivity contribution is 6.04. The lowest BCUT2D eigenvalue weighted by molar-refractivity contribution is -0.144. The molecule has 0 saturated heterocycles. The Kier molecular flexibility index (Phi) is 8.13. The minimum Gasteiger partial charge on any atom is -0.497 e. The number of allylic oxidation sites excluding steroid dienone is 3. The van der Waals surface area contributed by atoms with Crippen LogP contribution in [0.25, 0.3) is 0 Å². The molecule has 1 N–H and O–H groups in total. The molecule has 0 spiro atoms. The Labute approximate surface area is 247 Å². The van der Waals surface area contributed by atoms with E-state index in [2.05, 4.69) is 5.32 Å². The van der Waals surface area contributed by atoms with E-state index in [0.717, 1.165) is 65.3 Å². The van der Waals surface area contributed by atoms with Crippen molar-refractivity contribution in [3.8, 4) is 11.5 Å². The molecule has 3 aromatic rings. The van der Waals surface area contributed by atoms with Crippen molar-refractivity contribution in [2.75, 3.05) is 7.11 Å². The number of methoxy groups -OCH3 is 1. The third kappa shape index (κ3) is 5.85. The topological polar surface area (TPSA) is 73.9 Å². The molecule has 6 heteroatoms. The molecule has 3 aromatic carbocycles. The number of hydrogen-bond acceptors (Lipinski definition) is 6. The summed E-state index contributed by atoms with van der Waals surface area (Å²) in [4.78, 5) is 27.7. The average molecular weight is 564 g/mol. The van der Waals surface area contributed by atoms with Crippen LogP contribution in [0.1, 0.15) is 74.0 Å². The fraction of sp³-hybridized carbons (Fsp3) is 0.333. The fourth-order valence-corrected chi connectivity index (χ4v) is 6.47. The van der Waals surface area contributed by atoms with Crippen molar-refractivity contribution in [1.82, 2.24) is 5.32 Å². The van der Waals surface area contributed by atoms with E-state index in [0.29, 0.717) is 30.6 Å². The molecule has 1 heterocycles. The van der Waals surface area contributed by atoms with E-state index in [4.69, 9.17) is 14.2 Å². The molecule has 0 unspecified atom stereocenters. The van der Waals surface area contributed by atoms with Crippen LogP contribution in [0.4, 0.5) is 0 Å². The van der Waals surface area contributed by atoms with Crippen LogP contribution in [0.15, 0.2) is 101 Å². The second-order valence-electron chi connectivity index (χ2n) is 11.4. The van der Waals surface area contributed by atoms with Crippen molar-refractivity contribution in [2.45, 2.75) is 70.0 Å². The summed E-state index contributed by atoms with van der Waals surface area (Å²) in [5.41, 5.74) is 5.89. The number of nitrogens with one attached hydrogen (secondary N) is 1. The maximum atomic E-state index is 13.9. The van der Waals surface area contributed by atoms with E-state index < -0.39 is 5.92 Å². The Morgan fingerprint density at radius 2 is 1.52 bits per heavy atom. The number of benzene rings is 3. The van der Waals surface area contributed by atoms with Crippen LogP contribution < -0.4 is 14.8 Å². The van der Waals surface area contributed by atoms with Gasteiger partial charge in [-0.1, -0.05) is 54.6 Å². The minimum atomic E-state index is -0.498. The Balaban J connectivity index is 1.31. The van der Waals surface area contributed by atoms with Gasteiger partial charge in [0.1, 0.15) is 24.2 Å². The molecule has 2 aliphatic carbocycles. The van der Waals surface area contributed by atoms with Crippen molar-refractivity contribution in [2.24, 2.45) is 0 Å². The van der Waals surface area contributed by atoms with E-state index in [1.807, 2.05) is 85.8 Å². The van der Waals surface area contributed by atoms with E-state index in [1.54, 1.807) is 7.11 Å². The summed E-state index contributed by atoms with van der Waals surface area (Å²) >= 11 is 0. The third-order valence-corrected chi connectivity index (χ3v) is 8.67. The molecule has 1 aliphatic heterocycles. The SMILES string of the molecule is COc1ccc([C@@H]2CC(=O)C3=C(C2)NC(C)=C(C(=O)OC2CCCC2)[C@H]3c2ccc(OCc3ccccc3)cc2)cc1. The lowest BCUT2D eigenvalue weighted by Crippen LogP contribution is -2.36. The molecule has 0 aromatic heterocycles. The maximum Gasteiger partial charge on any atom is 0.337 e. The zero-order chi connectivity index (χ0) is 29.1. The third-order valence-electron chi connectivity index (χ3n) is 8.67. The predicted molar refractivity (Wildman–Crippen MR) is 161 cm³/mol. The standard InChI is InChI=1S/C36H37NO5/c1-23-33(36(39)42-30-10-6-7-11-30)34(26-14-18-29(19-15-26)41-22-24-8-4-3-5-9-24)35-31(37-23)20-27(21-32(35)38)25-12-16-28(40-2)17-13-25/h3-5,8-9,12-19,27,30,34,37H,6-7,10-11,20-22H2,1-2H3/t27-,34+/m0/s1. The van der Waals surface area contributed by atoms with Crippen molar-refractivity contribution in [3.05, 3.63) is 118 Å². The first-order valence-corrected chi connectivity index (χ1v) is 14.9. The van der Waals surface area contributed by atoms with Gasteiger partial charge in [0.15, 0.2) is 5.78 Å². The van der Waals surface area contributed by atoms with Gasteiger partial charge in [-0.25, -0.2) is 4.79 Å². The zero-order valence-corrected chi connectivity index (χ0v) is 24.2. The van der Waals surface area contributed by atoms with Gasteiger partial charge >= 0.3 is 5.97 Å². The minimum absolute atomic E-state index is 0.0452. The first-order chi connectivity index (χ1) is 20.5. The van der Waals surface area contributed by atoms with Gasteiger partial charge in [0.25, 0.3) is 0 Å². The van der Waals surface area contributed by atoms with Crippen molar-refractivity contribution in [3.63, 3.8) is 0 Å². The van der Waals surface area contributed by atoms with Gasteiger partial charge in [-0.2, -0.15) is 0 Å². The summed E-state index contributed by atoms with van der Waals surface area (Å²) in [5.74, 6) is 0.787. The Morgan fingerprint density at radius 1 is 0.857 bits per heavy atom. The highest BCUT2D eigenvalue weighted by Crippen LogP contribution is 2.46. The first-order valence-electron chi connectivity index (χ1n) is 14.9. The Morgan fingerprint density at radius 3 is 2.21 bits per heavy atom. The van der Waals surface area contributed by atoms with Crippen LogP contribution in [-0.4, -0.2) is 25.0 Å². The Hall–Kier alpha value is -4.32. The van der Waals surface area contributed by atoms with Crippen LogP contribution in [-0.2, 0) is 20.9 Å². The Bertz CT molecular complexity index is 1500. The van der Waals surface area contributed by atoms with Crippen molar-refractivity contribution in [1.29, 1.82) is 0 Å². The number of rotatable bonds is 8. The number of esters is 1. The molecule has 2 atom stereocenters. The van der Waals surface area contributed by atoms with Crippen LogP contribution in [0.3, 0.4) is 0 Å².